The predicted molar refractivity (Wildman–Crippen MR) is 81.5 cm³/mol. The lowest BCUT2D eigenvalue weighted by atomic mass is 9.96. The highest BCUT2D eigenvalue weighted by atomic mass is 32.1. The molecule has 20 heavy (non-hydrogen) atoms. The fourth-order valence-electron chi connectivity index (χ4n) is 1.96. The van der Waals surface area contributed by atoms with Crippen LogP contribution in [0.4, 0.5) is 5.13 Å². The van der Waals surface area contributed by atoms with Crippen molar-refractivity contribution in [3.63, 3.8) is 0 Å². The van der Waals surface area contributed by atoms with Crippen LogP contribution in [0.1, 0.15) is 45.9 Å². The molecular weight excluding hydrogens is 274 g/mol. The lowest BCUT2D eigenvalue weighted by molar-refractivity contribution is -0.0316. The van der Waals surface area contributed by atoms with Crippen molar-refractivity contribution in [2.75, 3.05) is 31.7 Å². The summed E-state index contributed by atoms with van der Waals surface area (Å²) in [5.74, 6) is 0.906. The Labute approximate surface area is 125 Å². The van der Waals surface area contributed by atoms with Crippen molar-refractivity contribution in [3.8, 4) is 0 Å². The first-order valence-electron chi connectivity index (χ1n) is 7.33. The lowest BCUT2D eigenvalue weighted by Gasteiger charge is -2.22. The third kappa shape index (κ3) is 5.00. The molecule has 0 saturated carbocycles. The fourth-order valence-corrected chi connectivity index (χ4v) is 2.74. The molecule has 2 heterocycles. The second kappa shape index (κ2) is 7.33. The molecule has 1 aromatic rings. The van der Waals surface area contributed by atoms with Crippen LogP contribution < -0.4 is 5.32 Å². The van der Waals surface area contributed by atoms with Crippen LogP contribution in [-0.2, 0) is 14.9 Å². The molecule has 0 radical (unpaired) electrons. The average molecular weight is 299 g/mol. The summed E-state index contributed by atoms with van der Waals surface area (Å²) in [5.41, 5.74) is 0.0165. The van der Waals surface area contributed by atoms with Crippen LogP contribution in [0, 0.1) is 0 Å². The van der Waals surface area contributed by atoms with Gasteiger partial charge in [-0.1, -0.05) is 20.8 Å². The third-order valence-electron chi connectivity index (χ3n) is 3.22. The van der Waals surface area contributed by atoms with Crippen molar-refractivity contribution in [1.29, 1.82) is 0 Å². The van der Waals surface area contributed by atoms with E-state index in [9.17, 15) is 0 Å². The van der Waals surface area contributed by atoms with E-state index in [1.807, 2.05) is 0 Å². The van der Waals surface area contributed by atoms with Gasteiger partial charge >= 0.3 is 0 Å². The van der Waals surface area contributed by atoms with Gasteiger partial charge in [-0.3, -0.25) is 0 Å². The van der Waals surface area contributed by atoms with Gasteiger partial charge in [0, 0.05) is 43.3 Å². The van der Waals surface area contributed by atoms with Gasteiger partial charge in [-0.2, -0.15) is 4.37 Å². The van der Waals surface area contributed by atoms with Gasteiger partial charge in [-0.05, 0) is 19.3 Å². The van der Waals surface area contributed by atoms with Gasteiger partial charge in [0.25, 0.3) is 0 Å². The highest BCUT2D eigenvalue weighted by Gasteiger charge is 2.19. The van der Waals surface area contributed by atoms with E-state index in [2.05, 4.69) is 35.4 Å². The number of hydrogen-bond acceptors (Lipinski definition) is 6. The van der Waals surface area contributed by atoms with Crippen LogP contribution in [0.3, 0.4) is 0 Å². The van der Waals surface area contributed by atoms with E-state index in [-0.39, 0.29) is 5.41 Å². The van der Waals surface area contributed by atoms with E-state index in [0.717, 1.165) is 56.6 Å². The molecule has 1 aromatic heterocycles. The van der Waals surface area contributed by atoms with Gasteiger partial charge < -0.3 is 14.8 Å². The zero-order chi connectivity index (χ0) is 14.4. The molecule has 0 amide bonds. The predicted octanol–water partition coefficient (Wildman–Crippen LogP) is 2.83. The van der Waals surface area contributed by atoms with Crippen molar-refractivity contribution in [2.45, 2.75) is 51.6 Å². The van der Waals surface area contributed by atoms with Crippen molar-refractivity contribution in [1.82, 2.24) is 9.36 Å². The average Bonchev–Trinajstić information content (AvgIpc) is 2.88. The zero-order valence-corrected chi connectivity index (χ0v) is 13.5. The number of rotatable bonds is 6. The topological polar surface area (TPSA) is 56.3 Å². The molecule has 1 N–H and O–H groups in total. The Kier molecular flexibility index (Phi) is 5.74. The Morgan fingerprint density at radius 3 is 2.75 bits per heavy atom. The Hall–Kier alpha value is -0.720. The van der Waals surface area contributed by atoms with Crippen LogP contribution in [0.5, 0.6) is 0 Å². The molecule has 0 spiro atoms. The largest absolute Gasteiger partial charge is 0.381 e. The minimum atomic E-state index is 0.0165. The van der Waals surface area contributed by atoms with E-state index >= 15 is 0 Å². The van der Waals surface area contributed by atoms with Crippen molar-refractivity contribution < 1.29 is 9.47 Å². The van der Waals surface area contributed by atoms with E-state index < -0.39 is 0 Å². The van der Waals surface area contributed by atoms with Gasteiger partial charge in [-0.15, -0.1) is 0 Å². The number of nitrogens with zero attached hydrogens (tertiary/aromatic N) is 2. The standard InChI is InChI=1S/C14H25N3O2S/c1-14(2,3)12-16-13(20-17-12)15-7-4-8-19-11-5-9-18-10-6-11/h11H,4-10H2,1-3H3,(H,15,16,17). The Bertz CT molecular complexity index is 397. The summed E-state index contributed by atoms with van der Waals surface area (Å²) in [7, 11) is 0. The van der Waals surface area contributed by atoms with Gasteiger partial charge in [0.2, 0.25) is 5.13 Å². The second-order valence-electron chi connectivity index (χ2n) is 6.14. The van der Waals surface area contributed by atoms with Crippen molar-refractivity contribution in [2.24, 2.45) is 0 Å². The molecule has 0 unspecified atom stereocenters. The molecule has 0 bridgehead atoms. The quantitative estimate of drug-likeness (QED) is 0.819. The molecule has 114 valence electrons. The SMILES string of the molecule is CC(C)(C)c1nsc(NCCCOC2CCOCC2)n1. The lowest BCUT2D eigenvalue weighted by Crippen LogP contribution is -2.24. The van der Waals surface area contributed by atoms with E-state index in [1.54, 1.807) is 0 Å². The first-order valence-corrected chi connectivity index (χ1v) is 8.10. The van der Waals surface area contributed by atoms with Gasteiger partial charge in [0.15, 0.2) is 0 Å². The monoisotopic (exact) mass is 299 g/mol. The van der Waals surface area contributed by atoms with Crippen molar-refractivity contribution >= 4 is 16.7 Å². The van der Waals surface area contributed by atoms with Gasteiger partial charge in [0.1, 0.15) is 5.82 Å². The zero-order valence-electron chi connectivity index (χ0n) is 12.6. The first-order chi connectivity index (χ1) is 9.55. The summed E-state index contributed by atoms with van der Waals surface area (Å²) in [6.45, 7) is 9.72. The first kappa shape index (κ1) is 15.7. The van der Waals surface area contributed by atoms with Crippen molar-refractivity contribution in [3.05, 3.63) is 5.82 Å². The number of anilines is 1. The van der Waals surface area contributed by atoms with E-state index in [1.165, 1.54) is 11.5 Å². The van der Waals surface area contributed by atoms with E-state index in [4.69, 9.17) is 9.47 Å². The summed E-state index contributed by atoms with van der Waals surface area (Å²) in [6, 6.07) is 0. The molecule has 5 nitrogen and oxygen atoms in total. The summed E-state index contributed by atoms with van der Waals surface area (Å²) in [6.07, 6.45) is 3.43. The molecule has 1 aliphatic heterocycles. The molecule has 0 aromatic carbocycles. The van der Waals surface area contributed by atoms with E-state index in [0.29, 0.717) is 6.10 Å². The number of ether oxygens (including phenoxy) is 2. The van der Waals surface area contributed by atoms with Crippen LogP contribution >= 0.6 is 11.5 Å². The number of hydrogen-bond donors (Lipinski definition) is 1. The molecule has 1 fully saturated rings. The van der Waals surface area contributed by atoms with Crippen LogP contribution in [0.25, 0.3) is 0 Å². The molecule has 1 aliphatic rings. The Morgan fingerprint density at radius 1 is 1.35 bits per heavy atom. The van der Waals surface area contributed by atoms with Crippen LogP contribution in [0.15, 0.2) is 0 Å². The fraction of sp³-hybridized carbons (Fsp3) is 0.857. The maximum absolute atomic E-state index is 5.83. The molecule has 1 saturated heterocycles. The summed E-state index contributed by atoms with van der Waals surface area (Å²) >= 11 is 1.43. The maximum atomic E-state index is 5.83. The molecular formula is C14H25N3O2S. The Balaban J connectivity index is 1.60. The van der Waals surface area contributed by atoms with Crippen LogP contribution in [-0.4, -0.2) is 41.8 Å². The number of nitrogens with one attached hydrogen (secondary N) is 1. The minimum Gasteiger partial charge on any atom is -0.381 e. The molecule has 0 atom stereocenters. The Morgan fingerprint density at radius 2 is 2.10 bits per heavy atom. The molecule has 0 aliphatic carbocycles. The highest BCUT2D eigenvalue weighted by Crippen LogP contribution is 2.22. The normalized spacial score (nSPS) is 17.4. The summed E-state index contributed by atoms with van der Waals surface area (Å²) in [5, 5.41) is 4.22. The summed E-state index contributed by atoms with van der Waals surface area (Å²) < 4.78 is 15.5. The van der Waals surface area contributed by atoms with Gasteiger partial charge in [-0.25, -0.2) is 4.98 Å². The molecule has 2 rings (SSSR count). The van der Waals surface area contributed by atoms with Gasteiger partial charge in [0.05, 0.1) is 6.10 Å². The third-order valence-corrected chi connectivity index (χ3v) is 3.89. The summed E-state index contributed by atoms with van der Waals surface area (Å²) in [4.78, 5) is 4.51. The second-order valence-corrected chi connectivity index (χ2v) is 6.89. The number of aromatic nitrogens is 2. The molecule has 6 heteroatoms. The highest BCUT2D eigenvalue weighted by molar-refractivity contribution is 7.09. The smallest absolute Gasteiger partial charge is 0.202 e. The maximum Gasteiger partial charge on any atom is 0.202 e. The van der Waals surface area contributed by atoms with Crippen LogP contribution in [0.2, 0.25) is 0 Å². The minimum absolute atomic E-state index is 0.0165.